The first kappa shape index (κ1) is 13.6. The summed E-state index contributed by atoms with van der Waals surface area (Å²) in [7, 11) is 0. The molecule has 2 nitrogen and oxygen atoms in total. The first-order valence-electron chi connectivity index (χ1n) is 7.39. The van der Waals surface area contributed by atoms with Crippen molar-refractivity contribution < 1.29 is 0 Å². The van der Waals surface area contributed by atoms with E-state index in [4.69, 9.17) is 0 Å². The maximum Gasteiger partial charge on any atom is 0.0107 e. The van der Waals surface area contributed by atoms with Crippen LogP contribution < -0.4 is 5.32 Å². The Morgan fingerprint density at radius 3 is 2.44 bits per heavy atom. The summed E-state index contributed by atoms with van der Waals surface area (Å²) >= 11 is 0. The summed E-state index contributed by atoms with van der Waals surface area (Å²) in [6, 6.07) is 9.20. The standard InChI is InChI=1S/C16H26N2/c1-2-4-15-5-7-16(8-6-15)9-13-18-12-3-10-17-11-14-18/h5-8,17H,2-4,9-14H2,1H3. The normalized spacial score (nSPS) is 17.6. The van der Waals surface area contributed by atoms with Gasteiger partial charge in [0.1, 0.15) is 0 Å². The summed E-state index contributed by atoms with van der Waals surface area (Å²) in [5, 5.41) is 3.46. The molecular formula is C16H26N2. The van der Waals surface area contributed by atoms with Crippen molar-refractivity contribution in [3.05, 3.63) is 35.4 Å². The maximum absolute atomic E-state index is 3.46. The monoisotopic (exact) mass is 246 g/mol. The van der Waals surface area contributed by atoms with Gasteiger partial charge in [-0.25, -0.2) is 0 Å². The number of hydrogen-bond donors (Lipinski definition) is 1. The first-order valence-corrected chi connectivity index (χ1v) is 7.39. The van der Waals surface area contributed by atoms with Gasteiger partial charge in [-0.2, -0.15) is 0 Å². The fourth-order valence-corrected chi connectivity index (χ4v) is 2.57. The zero-order valence-electron chi connectivity index (χ0n) is 11.6. The molecule has 0 radical (unpaired) electrons. The van der Waals surface area contributed by atoms with Crippen molar-refractivity contribution in [2.24, 2.45) is 0 Å². The molecule has 0 aliphatic carbocycles. The van der Waals surface area contributed by atoms with E-state index in [2.05, 4.69) is 41.4 Å². The highest BCUT2D eigenvalue weighted by Crippen LogP contribution is 2.08. The summed E-state index contributed by atoms with van der Waals surface area (Å²) < 4.78 is 0. The van der Waals surface area contributed by atoms with Gasteiger partial charge in [-0.3, -0.25) is 0 Å². The minimum Gasteiger partial charge on any atom is -0.315 e. The van der Waals surface area contributed by atoms with Gasteiger partial charge < -0.3 is 10.2 Å². The van der Waals surface area contributed by atoms with Crippen LogP contribution in [0.1, 0.15) is 30.9 Å². The molecule has 1 N–H and O–H groups in total. The smallest absolute Gasteiger partial charge is 0.0107 e. The maximum atomic E-state index is 3.46. The molecule has 1 fully saturated rings. The summed E-state index contributed by atoms with van der Waals surface area (Å²) in [4.78, 5) is 2.58. The average molecular weight is 246 g/mol. The largest absolute Gasteiger partial charge is 0.315 e. The van der Waals surface area contributed by atoms with Gasteiger partial charge in [0.05, 0.1) is 0 Å². The van der Waals surface area contributed by atoms with Crippen LogP contribution in [0.5, 0.6) is 0 Å². The Kier molecular flexibility index (Phi) is 5.69. The van der Waals surface area contributed by atoms with E-state index < -0.39 is 0 Å². The molecule has 100 valence electrons. The SMILES string of the molecule is CCCc1ccc(CCN2CCCNCC2)cc1. The molecule has 0 spiro atoms. The number of nitrogens with zero attached hydrogens (tertiary/aromatic N) is 1. The Hall–Kier alpha value is -0.860. The molecule has 1 aliphatic heterocycles. The molecule has 1 heterocycles. The van der Waals surface area contributed by atoms with Crippen LogP contribution in [0.3, 0.4) is 0 Å². The number of nitrogens with one attached hydrogen (secondary N) is 1. The summed E-state index contributed by atoms with van der Waals surface area (Å²) in [5.41, 5.74) is 2.95. The predicted molar refractivity (Wildman–Crippen MR) is 78.1 cm³/mol. The first-order chi connectivity index (χ1) is 8.88. The van der Waals surface area contributed by atoms with Gasteiger partial charge in [-0.15, -0.1) is 0 Å². The van der Waals surface area contributed by atoms with Crippen molar-refractivity contribution in [3.63, 3.8) is 0 Å². The van der Waals surface area contributed by atoms with Gasteiger partial charge in [0.2, 0.25) is 0 Å². The van der Waals surface area contributed by atoms with Crippen LogP contribution in [-0.4, -0.2) is 37.6 Å². The van der Waals surface area contributed by atoms with Crippen LogP contribution in [0.2, 0.25) is 0 Å². The Morgan fingerprint density at radius 2 is 1.72 bits per heavy atom. The topological polar surface area (TPSA) is 15.3 Å². The Labute approximate surface area is 111 Å². The van der Waals surface area contributed by atoms with Gasteiger partial charge in [0, 0.05) is 19.6 Å². The van der Waals surface area contributed by atoms with Gasteiger partial charge >= 0.3 is 0 Å². The molecule has 2 heteroatoms. The van der Waals surface area contributed by atoms with E-state index in [1.54, 1.807) is 0 Å². The Balaban J connectivity index is 1.78. The lowest BCUT2D eigenvalue weighted by molar-refractivity contribution is 0.296. The average Bonchev–Trinajstić information content (AvgIpc) is 2.67. The van der Waals surface area contributed by atoms with E-state index in [1.807, 2.05) is 0 Å². The second-order valence-electron chi connectivity index (χ2n) is 5.26. The van der Waals surface area contributed by atoms with Crippen LogP contribution in [-0.2, 0) is 12.8 Å². The van der Waals surface area contributed by atoms with Crippen LogP contribution in [0.15, 0.2) is 24.3 Å². The molecule has 0 amide bonds. The third-order valence-electron chi connectivity index (χ3n) is 3.71. The van der Waals surface area contributed by atoms with E-state index in [0.717, 1.165) is 6.54 Å². The van der Waals surface area contributed by atoms with E-state index in [0.29, 0.717) is 0 Å². The minimum absolute atomic E-state index is 1.15. The zero-order chi connectivity index (χ0) is 12.6. The third kappa shape index (κ3) is 4.43. The molecule has 0 atom stereocenters. The zero-order valence-corrected chi connectivity index (χ0v) is 11.6. The lowest BCUT2D eigenvalue weighted by Crippen LogP contribution is -2.30. The van der Waals surface area contributed by atoms with Crippen LogP contribution in [0, 0.1) is 0 Å². The highest BCUT2D eigenvalue weighted by Gasteiger charge is 2.07. The number of rotatable bonds is 5. The quantitative estimate of drug-likeness (QED) is 0.858. The Morgan fingerprint density at radius 1 is 1.00 bits per heavy atom. The highest BCUT2D eigenvalue weighted by molar-refractivity contribution is 5.22. The lowest BCUT2D eigenvalue weighted by Gasteiger charge is -2.19. The predicted octanol–water partition coefficient (Wildman–Crippen LogP) is 2.48. The fraction of sp³-hybridized carbons (Fsp3) is 0.625. The highest BCUT2D eigenvalue weighted by atomic mass is 15.1. The second kappa shape index (κ2) is 7.55. The van der Waals surface area contributed by atoms with Crippen LogP contribution >= 0.6 is 0 Å². The van der Waals surface area contributed by atoms with Gasteiger partial charge in [0.25, 0.3) is 0 Å². The van der Waals surface area contributed by atoms with Gasteiger partial charge in [0.15, 0.2) is 0 Å². The van der Waals surface area contributed by atoms with Crippen molar-refractivity contribution in [2.75, 3.05) is 32.7 Å². The van der Waals surface area contributed by atoms with Crippen molar-refractivity contribution in [1.82, 2.24) is 10.2 Å². The van der Waals surface area contributed by atoms with Crippen LogP contribution in [0.4, 0.5) is 0 Å². The lowest BCUT2D eigenvalue weighted by atomic mass is 10.1. The summed E-state index contributed by atoms with van der Waals surface area (Å²) in [6.45, 7) is 8.22. The summed E-state index contributed by atoms with van der Waals surface area (Å²) in [5.74, 6) is 0. The fourth-order valence-electron chi connectivity index (χ4n) is 2.57. The Bertz CT molecular complexity index is 323. The third-order valence-corrected chi connectivity index (χ3v) is 3.71. The van der Waals surface area contributed by atoms with Crippen molar-refractivity contribution in [3.8, 4) is 0 Å². The van der Waals surface area contributed by atoms with E-state index in [9.17, 15) is 0 Å². The molecule has 0 unspecified atom stereocenters. The number of benzene rings is 1. The van der Waals surface area contributed by atoms with Gasteiger partial charge in [-0.1, -0.05) is 37.6 Å². The molecular weight excluding hydrogens is 220 g/mol. The van der Waals surface area contributed by atoms with E-state index in [-0.39, 0.29) is 0 Å². The van der Waals surface area contributed by atoms with Crippen LogP contribution in [0.25, 0.3) is 0 Å². The van der Waals surface area contributed by atoms with E-state index >= 15 is 0 Å². The molecule has 18 heavy (non-hydrogen) atoms. The minimum atomic E-state index is 1.15. The molecule has 1 aliphatic rings. The van der Waals surface area contributed by atoms with Gasteiger partial charge in [-0.05, 0) is 43.5 Å². The molecule has 0 aromatic heterocycles. The molecule has 1 saturated heterocycles. The number of aryl methyl sites for hydroxylation is 1. The molecule has 0 saturated carbocycles. The summed E-state index contributed by atoms with van der Waals surface area (Å²) in [6.07, 6.45) is 4.92. The molecule has 2 rings (SSSR count). The number of hydrogen-bond acceptors (Lipinski definition) is 2. The van der Waals surface area contributed by atoms with Crippen molar-refractivity contribution >= 4 is 0 Å². The van der Waals surface area contributed by atoms with Crippen molar-refractivity contribution in [2.45, 2.75) is 32.6 Å². The molecule has 1 aromatic carbocycles. The molecule has 0 bridgehead atoms. The van der Waals surface area contributed by atoms with Crippen molar-refractivity contribution in [1.29, 1.82) is 0 Å². The molecule has 1 aromatic rings. The second-order valence-corrected chi connectivity index (χ2v) is 5.26. The van der Waals surface area contributed by atoms with E-state index in [1.165, 1.54) is 63.0 Å².